The number of carbonyl (C=O) groups is 1. The van der Waals surface area contributed by atoms with E-state index in [0.29, 0.717) is 11.4 Å². The monoisotopic (exact) mass is 283 g/mol. The van der Waals surface area contributed by atoms with E-state index in [2.05, 4.69) is 10.6 Å². The van der Waals surface area contributed by atoms with Crippen molar-refractivity contribution in [2.24, 2.45) is 0 Å². The van der Waals surface area contributed by atoms with Gasteiger partial charge in [-0.2, -0.15) is 5.26 Å². The lowest BCUT2D eigenvalue weighted by molar-refractivity contribution is -0.117. The Labute approximate surface area is 121 Å². The number of nitrogens with one attached hydrogen (secondary N) is 2. The number of anilines is 1. The number of carbonyl (C=O) groups excluding carboxylic acids is 1. The second-order valence-electron chi connectivity index (χ2n) is 4.12. The van der Waals surface area contributed by atoms with Crippen LogP contribution in [0.2, 0.25) is 0 Å². The molecule has 0 saturated carbocycles. The number of hydrogen-bond acceptors (Lipinski definition) is 5. The summed E-state index contributed by atoms with van der Waals surface area (Å²) < 4.78 is 5.08. The van der Waals surface area contributed by atoms with Crippen LogP contribution >= 0.6 is 0 Å². The summed E-state index contributed by atoms with van der Waals surface area (Å²) in [4.78, 5) is 11.8. The van der Waals surface area contributed by atoms with Crippen LogP contribution < -0.4 is 10.6 Å². The fourth-order valence-electron chi connectivity index (χ4n) is 1.54. The maximum atomic E-state index is 11.8. The van der Waals surface area contributed by atoms with Gasteiger partial charge in [-0.05, 0) is 36.4 Å². The van der Waals surface area contributed by atoms with E-state index < -0.39 is 5.91 Å². The number of rotatable bonds is 5. The van der Waals surface area contributed by atoms with Crippen molar-refractivity contribution in [1.82, 2.24) is 5.32 Å². The minimum atomic E-state index is -0.500. The van der Waals surface area contributed by atoms with Gasteiger partial charge in [0.15, 0.2) is 0 Å². The van der Waals surface area contributed by atoms with Crippen LogP contribution in [0.4, 0.5) is 5.69 Å². The molecule has 0 aliphatic carbocycles. The Morgan fingerprint density at radius 3 is 2.71 bits per heavy atom. The Morgan fingerprint density at radius 1 is 1.33 bits per heavy atom. The molecule has 0 aliphatic heterocycles. The highest BCUT2D eigenvalue weighted by Gasteiger charge is 2.09. The summed E-state index contributed by atoms with van der Waals surface area (Å²) >= 11 is 0. The van der Waals surface area contributed by atoms with Crippen molar-refractivity contribution in [1.29, 1.82) is 5.26 Å². The molecule has 6 heteroatoms. The molecule has 1 heterocycles. The van der Waals surface area contributed by atoms with Crippen molar-refractivity contribution < 1.29 is 14.3 Å². The largest absolute Gasteiger partial charge is 0.508 e. The number of aromatic hydroxyl groups is 1. The molecule has 1 aromatic heterocycles. The van der Waals surface area contributed by atoms with E-state index >= 15 is 0 Å². The zero-order valence-corrected chi connectivity index (χ0v) is 11.0. The normalized spacial score (nSPS) is 10.7. The zero-order valence-electron chi connectivity index (χ0n) is 11.0. The van der Waals surface area contributed by atoms with Crippen molar-refractivity contribution in [3.8, 4) is 11.8 Å². The van der Waals surface area contributed by atoms with Crippen LogP contribution in [0.5, 0.6) is 5.75 Å². The Balaban J connectivity index is 1.94. The van der Waals surface area contributed by atoms with Gasteiger partial charge >= 0.3 is 0 Å². The quantitative estimate of drug-likeness (QED) is 0.443. The summed E-state index contributed by atoms with van der Waals surface area (Å²) in [6, 6.07) is 11.5. The molecule has 0 fully saturated rings. The molecule has 2 aromatic rings. The Morgan fingerprint density at radius 2 is 2.10 bits per heavy atom. The maximum absolute atomic E-state index is 11.8. The topological polar surface area (TPSA) is 98.3 Å². The molecular formula is C15H13N3O3. The van der Waals surface area contributed by atoms with Crippen LogP contribution in [0, 0.1) is 11.3 Å². The van der Waals surface area contributed by atoms with Crippen molar-refractivity contribution in [2.75, 3.05) is 5.32 Å². The van der Waals surface area contributed by atoms with Gasteiger partial charge in [0.05, 0.1) is 12.8 Å². The first kappa shape index (κ1) is 14.2. The van der Waals surface area contributed by atoms with Gasteiger partial charge in [-0.15, -0.1) is 0 Å². The van der Waals surface area contributed by atoms with Crippen LogP contribution in [0.3, 0.4) is 0 Å². The molecule has 0 unspecified atom stereocenters. The minimum absolute atomic E-state index is 0.0605. The van der Waals surface area contributed by atoms with Crippen molar-refractivity contribution in [2.45, 2.75) is 6.54 Å². The SMILES string of the molecule is N#C/C(=C/Nc1ccc(O)cc1)C(=O)NCc1ccco1. The summed E-state index contributed by atoms with van der Waals surface area (Å²) in [5.74, 6) is 0.244. The number of nitriles is 1. The van der Waals surface area contributed by atoms with Gasteiger partial charge in [0.25, 0.3) is 5.91 Å². The fraction of sp³-hybridized carbons (Fsp3) is 0.0667. The van der Waals surface area contributed by atoms with Gasteiger partial charge in [0.1, 0.15) is 23.2 Å². The van der Waals surface area contributed by atoms with E-state index in [-0.39, 0.29) is 17.9 Å². The van der Waals surface area contributed by atoms with Crippen LogP contribution in [-0.4, -0.2) is 11.0 Å². The van der Waals surface area contributed by atoms with Gasteiger partial charge in [-0.25, -0.2) is 0 Å². The first-order valence-corrected chi connectivity index (χ1v) is 6.15. The fourth-order valence-corrected chi connectivity index (χ4v) is 1.54. The van der Waals surface area contributed by atoms with E-state index in [1.165, 1.54) is 24.6 Å². The summed E-state index contributed by atoms with van der Waals surface area (Å²) in [6.45, 7) is 0.212. The highest BCUT2D eigenvalue weighted by Crippen LogP contribution is 2.13. The Hall–Kier alpha value is -3.20. The number of nitrogens with zero attached hydrogens (tertiary/aromatic N) is 1. The number of amides is 1. The molecule has 0 bridgehead atoms. The molecule has 106 valence electrons. The Kier molecular flexibility index (Phi) is 4.62. The first-order valence-electron chi connectivity index (χ1n) is 6.15. The molecule has 3 N–H and O–H groups in total. The summed E-state index contributed by atoms with van der Waals surface area (Å²) in [7, 11) is 0. The molecule has 21 heavy (non-hydrogen) atoms. The molecule has 0 radical (unpaired) electrons. The zero-order chi connectivity index (χ0) is 15.1. The van der Waals surface area contributed by atoms with E-state index in [1.54, 1.807) is 24.3 Å². The number of phenolic OH excluding ortho intramolecular Hbond substituents is 1. The highest BCUT2D eigenvalue weighted by atomic mass is 16.3. The second-order valence-corrected chi connectivity index (χ2v) is 4.12. The van der Waals surface area contributed by atoms with Crippen molar-refractivity contribution in [3.05, 3.63) is 60.2 Å². The predicted octanol–water partition coefficient (Wildman–Crippen LogP) is 2.12. The molecule has 2 rings (SSSR count). The molecule has 1 aromatic carbocycles. The van der Waals surface area contributed by atoms with E-state index in [9.17, 15) is 4.79 Å². The second kappa shape index (κ2) is 6.82. The minimum Gasteiger partial charge on any atom is -0.508 e. The molecule has 0 saturated heterocycles. The molecule has 6 nitrogen and oxygen atoms in total. The average molecular weight is 283 g/mol. The smallest absolute Gasteiger partial charge is 0.263 e. The van der Waals surface area contributed by atoms with Gasteiger partial charge in [-0.1, -0.05) is 0 Å². The van der Waals surface area contributed by atoms with E-state index in [0.717, 1.165) is 0 Å². The average Bonchev–Trinajstić information content (AvgIpc) is 3.01. The standard InChI is InChI=1S/C15H13N3O3/c16-8-11(9-17-12-3-5-13(19)6-4-12)15(20)18-10-14-2-1-7-21-14/h1-7,9,17,19H,10H2,(H,18,20)/b11-9-. The highest BCUT2D eigenvalue weighted by molar-refractivity contribution is 5.97. The van der Waals surface area contributed by atoms with Crippen LogP contribution in [0.25, 0.3) is 0 Å². The molecule has 0 spiro atoms. The van der Waals surface area contributed by atoms with Gasteiger partial charge < -0.3 is 20.2 Å². The van der Waals surface area contributed by atoms with Crippen LogP contribution in [0.15, 0.2) is 58.9 Å². The number of hydrogen-bond donors (Lipinski definition) is 3. The lowest BCUT2D eigenvalue weighted by Gasteiger charge is -2.04. The molecule has 0 atom stereocenters. The summed E-state index contributed by atoms with van der Waals surface area (Å²) in [5, 5.41) is 23.5. The van der Waals surface area contributed by atoms with Gasteiger partial charge in [0.2, 0.25) is 0 Å². The lowest BCUT2D eigenvalue weighted by atomic mass is 10.2. The summed E-state index contributed by atoms with van der Waals surface area (Å²) in [6.07, 6.45) is 2.82. The third-order valence-electron chi connectivity index (χ3n) is 2.62. The third-order valence-corrected chi connectivity index (χ3v) is 2.62. The van der Waals surface area contributed by atoms with Gasteiger partial charge in [0, 0.05) is 11.9 Å². The maximum Gasteiger partial charge on any atom is 0.263 e. The van der Waals surface area contributed by atoms with Gasteiger partial charge in [-0.3, -0.25) is 4.79 Å². The molecule has 0 aliphatic rings. The Bertz CT molecular complexity index is 667. The van der Waals surface area contributed by atoms with Crippen LogP contribution in [0.1, 0.15) is 5.76 Å². The number of phenols is 1. The number of benzene rings is 1. The lowest BCUT2D eigenvalue weighted by Crippen LogP contribution is -2.24. The number of furan rings is 1. The van der Waals surface area contributed by atoms with Crippen molar-refractivity contribution >= 4 is 11.6 Å². The van der Waals surface area contributed by atoms with Crippen LogP contribution in [-0.2, 0) is 11.3 Å². The molecule has 1 amide bonds. The third kappa shape index (κ3) is 4.14. The summed E-state index contributed by atoms with van der Waals surface area (Å²) in [5.41, 5.74) is 0.592. The predicted molar refractivity (Wildman–Crippen MR) is 76.0 cm³/mol. The first-order chi connectivity index (χ1) is 10.2. The van der Waals surface area contributed by atoms with E-state index in [4.69, 9.17) is 14.8 Å². The van der Waals surface area contributed by atoms with Crippen molar-refractivity contribution in [3.63, 3.8) is 0 Å². The molecular weight excluding hydrogens is 270 g/mol. The van der Waals surface area contributed by atoms with E-state index in [1.807, 2.05) is 6.07 Å².